The lowest BCUT2D eigenvalue weighted by Crippen LogP contribution is -2.29. The molecule has 0 unspecified atom stereocenters. The molecule has 42 heavy (non-hydrogen) atoms. The van der Waals surface area contributed by atoms with Crippen LogP contribution >= 0.6 is 12.2 Å². The molecule has 9 heteroatoms. The van der Waals surface area contributed by atoms with Crippen molar-refractivity contribution in [2.45, 2.75) is 46.7 Å². The van der Waals surface area contributed by atoms with E-state index in [0.29, 0.717) is 10.7 Å². The van der Waals surface area contributed by atoms with Crippen LogP contribution in [0.25, 0.3) is 5.69 Å². The van der Waals surface area contributed by atoms with Crippen molar-refractivity contribution in [3.63, 3.8) is 0 Å². The summed E-state index contributed by atoms with van der Waals surface area (Å²) in [6.07, 6.45) is 1.79. The van der Waals surface area contributed by atoms with Crippen molar-refractivity contribution < 1.29 is 14.3 Å². The third kappa shape index (κ3) is 5.39. The van der Waals surface area contributed by atoms with Gasteiger partial charge in [-0.25, -0.2) is 4.79 Å². The fourth-order valence-corrected chi connectivity index (χ4v) is 5.86. The third-order valence-electron chi connectivity index (χ3n) is 7.70. The van der Waals surface area contributed by atoms with Gasteiger partial charge in [-0.15, -0.1) is 0 Å². The first-order chi connectivity index (χ1) is 20.1. The van der Waals surface area contributed by atoms with E-state index in [4.69, 9.17) is 17.0 Å². The lowest BCUT2D eigenvalue weighted by Gasteiger charge is -2.29. The number of benzene rings is 2. The maximum absolute atomic E-state index is 12.4. The van der Waals surface area contributed by atoms with Crippen LogP contribution in [0.4, 0.5) is 11.4 Å². The quantitative estimate of drug-likeness (QED) is 0.194. The number of hydrogen-bond acceptors (Lipinski definition) is 5. The number of esters is 1. The molecular weight excluding hydrogens is 546 g/mol. The Morgan fingerprint density at radius 3 is 2.33 bits per heavy atom. The number of aromatic nitrogens is 2. The summed E-state index contributed by atoms with van der Waals surface area (Å²) in [5.41, 5.74) is 8.18. The van der Waals surface area contributed by atoms with Crippen molar-refractivity contribution in [2.24, 2.45) is 5.92 Å². The Labute approximate surface area is 251 Å². The van der Waals surface area contributed by atoms with Crippen molar-refractivity contribution in [1.82, 2.24) is 14.9 Å². The van der Waals surface area contributed by atoms with Crippen molar-refractivity contribution in [3.05, 3.63) is 107 Å². The van der Waals surface area contributed by atoms with Gasteiger partial charge in [0.1, 0.15) is 0 Å². The van der Waals surface area contributed by atoms with Crippen molar-refractivity contribution in [1.29, 1.82) is 0 Å². The topological polar surface area (TPSA) is 88.5 Å². The van der Waals surface area contributed by atoms with Crippen LogP contribution in [0.1, 0.15) is 64.5 Å². The number of carbonyl (C=O) groups is 2. The number of carbonyl (C=O) groups excluding carboxylic acids is 2. The van der Waals surface area contributed by atoms with Crippen LogP contribution < -0.4 is 15.5 Å². The average molecular weight is 582 g/mol. The van der Waals surface area contributed by atoms with Crippen LogP contribution in [0.5, 0.6) is 0 Å². The lowest BCUT2D eigenvalue weighted by molar-refractivity contribution is -0.118. The van der Waals surface area contributed by atoms with E-state index in [1.807, 2.05) is 63.2 Å². The molecule has 5 rings (SSSR count). The van der Waals surface area contributed by atoms with Crippen LogP contribution in [0.3, 0.4) is 0 Å². The summed E-state index contributed by atoms with van der Waals surface area (Å²) in [6, 6.07) is 21.1. The van der Waals surface area contributed by atoms with Gasteiger partial charge in [-0.3, -0.25) is 9.78 Å². The van der Waals surface area contributed by atoms with Gasteiger partial charge >= 0.3 is 5.97 Å². The zero-order chi connectivity index (χ0) is 30.1. The number of nitrogens with one attached hydrogen (secondary N) is 2. The van der Waals surface area contributed by atoms with Gasteiger partial charge in [-0.2, -0.15) is 0 Å². The van der Waals surface area contributed by atoms with Crippen LogP contribution in [0.2, 0.25) is 0 Å². The van der Waals surface area contributed by atoms with E-state index < -0.39 is 0 Å². The first kappa shape index (κ1) is 29.0. The molecule has 2 aromatic heterocycles. The molecule has 1 aliphatic rings. The first-order valence-electron chi connectivity index (χ1n) is 13.9. The fourth-order valence-electron chi connectivity index (χ4n) is 5.51. The Kier molecular flexibility index (Phi) is 8.13. The maximum Gasteiger partial charge on any atom is 0.337 e. The molecule has 0 saturated carbocycles. The van der Waals surface area contributed by atoms with Crippen LogP contribution in [0.15, 0.2) is 72.9 Å². The highest BCUT2D eigenvalue weighted by Gasteiger charge is 2.42. The molecule has 2 atom stereocenters. The number of rotatable bonds is 7. The number of aryl methyl sites for hydroxylation is 2. The van der Waals surface area contributed by atoms with Gasteiger partial charge in [0.15, 0.2) is 5.11 Å². The molecule has 4 aromatic rings. The van der Waals surface area contributed by atoms with Crippen molar-refractivity contribution in [3.8, 4) is 5.69 Å². The summed E-state index contributed by atoms with van der Waals surface area (Å²) in [5.74, 6) is -0.508. The second-order valence-corrected chi connectivity index (χ2v) is 11.2. The maximum atomic E-state index is 12.4. The minimum Gasteiger partial charge on any atom is -0.465 e. The summed E-state index contributed by atoms with van der Waals surface area (Å²) < 4.78 is 7.05. The van der Waals surface area contributed by atoms with Crippen LogP contribution in [-0.2, 0) is 9.53 Å². The number of ether oxygens (including phenoxy) is 1. The second kappa shape index (κ2) is 11.8. The molecule has 1 aliphatic heterocycles. The molecule has 8 nitrogen and oxygen atoms in total. The normalized spacial score (nSPS) is 16.5. The third-order valence-corrected chi connectivity index (χ3v) is 8.02. The van der Waals surface area contributed by atoms with E-state index in [-0.39, 0.29) is 29.9 Å². The highest BCUT2D eigenvalue weighted by Crippen LogP contribution is 2.44. The minimum atomic E-state index is -0.368. The number of pyridine rings is 1. The fraction of sp³-hybridized carbons (Fsp3) is 0.273. The van der Waals surface area contributed by atoms with E-state index in [0.717, 1.165) is 45.3 Å². The molecule has 1 saturated heterocycles. The SMILES string of the molecule is COC(=O)c1ccc(-n2c(C)cc([C@@H]3[C@H](c4ccccn4)NC(=S)N3c3ccc(NC(=O)C(C)C)c(C)c3)c2C)cc1. The van der Waals surface area contributed by atoms with Crippen molar-refractivity contribution >= 4 is 40.6 Å². The molecule has 2 N–H and O–H groups in total. The Morgan fingerprint density at radius 1 is 1.00 bits per heavy atom. The molecule has 0 bridgehead atoms. The molecule has 0 aliphatic carbocycles. The average Bonchev–Trinajstić information content (AvgIpc) is 3.48. The van der Waals surface area contributed by atoms with Crippen LogP contribution in [0, 0.1) is 26.7 Å². The Morgan fingerprint density at radius 2 is 1.71 bits per heavy atom. The van der Waals surface area contributed by atoms with Gasteiger partial charge in [0.2, 0.25) is 5.91 Å². The molecule has 1 amide bonds. The second-order valence-electron chi connectivity index (χ2n) is 10.8. The molecule has 216 valence electrons. The van der Waals surface area contributed by atoms with Gasteiger partial charge in [0.25, 0.3) is 0 Å². The minimum absolute atomic E-state index is 0.0237. The molecule has 3 heterocycles. The predicted molar refractivity (Wildman–Crippen MR) is 169 cm³/mol. The Balaban J connectivity index is 1.59. The zero-order valence-corrected chi connectivity index (χ0v) is 25.5. The summed E-state index contributed by atoms with van der Waals surface area (Å²) in [7, 11) is 1.38. The largest absolute Gasteiger partial charge is 0.465 e. The van der Waals surface area contributed by atoms with Gasteiger partial charge < -0.3 is 24.8 Å². The molecule has 2 aromatic carbocycles. The van der Waals surface area contributed by atoms with Gasteiger partial charge in [0.05, 0.1) is 30.5 Å². The summed E-state index contributed by atoms with van der Waals surface area (Å²) in [6.45, 7) is 9.91. The Hall–Kier alpha value is -4.50. The molecule has 1 fully saturated rings. The number of methoxy groups -OCH3 is 1. The number of anilines is 2. The first-order valence-corrected chi connectivity index (χ1v) is 14.3. The Bertz CT molecular complexity index is 1650. The smallest absolute Gasteiger partial charge is 0.337 e. The highest BCUT2D eigenvalue weighted by atomic mass is 32.1. The number of hydrogen-bond donors (Lipinski definition) is 2. The monoisotopic (exact) mass is 581 g/mol. The molecule has 0 spiro atoms. The van der Waals surface area contributed by atoms with E-state index in [1.165, 1.54) is 7.11 Å². The summed E-state index contributed by atoms with van der Waals surface area (Å²) in [5, 5.41) is 7.15. The number of amides is 1. The van der Waals surface area contributed by atoms with E-state index >= 15 is 0 Å². The van der Waals surface area contributed by atoms with Gasteiger partial charge in [-0.1, -0.05) is 19.9 Å². The zero-order valence-electron chi connectivity index (χ0n) is 24.6. The summed E-state index contributed by atoms with van der Waals surface area (Å²) in [4.78, 5) is 31.2. The highest BCUT2D eigenvalue weighted by molar-refractivity contribution is 7.80. The summed E-state index contributed by atoms with van der Waals surface area (Å²) >= 11 is 5.95. The molecule has 0 radical (unpaired) electrons. The van der Waals surface area contributed by atoms with E-state index in [9.17, 15) is 9.59 Å². The lowest BCUT2D eigenvalue weighted by atomic mass is 9.96. The number of nitrogens with zero attached hydrogens (tertiary/aromatic N) is 3. The van der Waals surface area contributed by atoms with Crippen LogP contribution in [-0.4, -0.2) is 33.6 Å². The van der Waals surface area contributed by atoms with E-state index in [2.05, 4.69) is 51.1 Å². The molecular formula is C33H35N5O3S. The van der Waals surface area contributed by atoms with Crippen molar-refractivity contribution in [2.75, 3.05) is 17.3 Å². The van der Waals surface area contributed by atoms with Gasteiger partial charge in [-0.05, 0) is 105 Å². The number of thiocarbonyl (C=S) groups is 1. The predicted octanol–water partition coefficient (Wildman–Crippen LogP) is 6.36. The standard InChI is InChI=1S/C33H35N5O3S/c1-19(2)31(39)35-27-15-14-25(17-20(27)3)38-30(29(36-33(38)42)28-9-7-8-16-34-28)26-18-21(4)37(22(26)5)24-12-10-23(11-13-24)32(40)41-6/h7-19,29-30H,1-6H3,(H,35,39)(H,36,42)/t29-,30+/m0/s1. The van der Waals surface area contributed by atoms with Gasteiger partial charge in [0, 0.05) is 40.6 Å². The van der Waals surface area contributed by atoms with E-state index in [1.54, 1.807) is 18.3 Å².